The molecule has 1 fully saturated rings. The zero-order valence-electron chi connectivity index (χ0n) is 8.63. The molecule has 0 aliphatic carbocycles. The Labute approximate surface area is 105 Å². The molecule has 0 N–H and O–H groups in total. The lowest BCUT2D eigenvalue weighted by Gasteiger charge is -2.24. The first kappa shape index (κ1) is 12.2. The largest absolute Gasteiger partial charge is 0.771 e. The van der Waals surface area contributed by atoms with Gasteiger partial charge in [0.2, 0.25) is 0 Å². The predicted molar refractivity (Wildman–Crippen MR) is 64.4 cm³/mol. The van der Waals surface area contributed by atoms with Crippen LogP contribution < -0.4 is 0 Å². The summed E-state index contributed by atoms with van der Waals surface area (Å²) < 4.78 is 22.4. The number of hydrogen-bond acceptors (Lipinski definition) is 4. The smallest absolute Gasteiger partial charge is 0.0619 e. The average molecular weight is 304 g/mol. The predicted octanol–water partition coefficient (Wildman–Crippen LogP) is 1.82. The third kappa shape index (κ3) is 2.88. The fourth-order valence-electron chi connectivity index (χ4n) is 2.04. The molecule has 2 atom stereocenters. The van der Waals surface area contributed by atoms with Crippen LogP contribution in [0, 0.1) is 0 Å². The maximum Gasteiger partial charge on any atom is 0.0619 e. The van der Waals surface area contributed by atoms with Crippen molar-refractivity contribution in [1.82, 2.24) is 9.88 Å². The van der Waals surface area contributed by atoms with Crippen LogP contribution in [0.4, 0.5) is 0 Å². The quantitative estimate of drug-likeness (QED) is 0.799. The summed E-state index contributed by atoms with van der Waals surface area (Å²) in [5, 5.41) is 0. The molecule has 2 unspecified atom stereocenters. The molecule has 16 heavy (non-hydrogen) atoms. The Hall–Kier alpha value is -0.300. The lowest BCUT2D eigenvalue weighted by Crippen LogP contribution is -2.27. The van der Waals surface area contributed by atoms with Crippen LogP contribution in [0.3, 0.4) is 0 Å². The van der Waals surface area contributed by atoms with E-state index in [2.05, 4.69) is 20.9 Å². The Balaban J connectivity index is 2.13. The molecule has 2 heterocycles. The molecular weight excluding hydrogens is 292 g/mol. The third-order valence-corrected chi connectivity index (χ3v) is 3.74. The van der Waals surface area contributed by atoms with Crippen LogP contribution in [0.5, 0.6) is 0 Å². The third-order valence-electron chi connectivity index (χ3n) is 2.73. The van der Waals surface area contributed by atoms with Gasteiger partial charge < -0.3 is 4.55 Å². The first-order valence-corrected chi connectivity index (χ1v) is 7.12. The number of aromatic nitrogens is 1. The van der Waals surface area contributed by atoms with E-state index >= 15 is 0 Å². The van der Waals surface area contributed by atoms with Crippen molar-refractivity contribution in [2.75, 3.05) is 12.4 Å². The number of hydrogen-bond donors (Lipinski definition) is 0. The fourth-order valence-corrected chi connectivity index (χ4v) is 2.85. The second kappa shape index (κ2) is 5.35. The molecule has 88 valence electrons. The van der Waals surface area contributed by atoms with Crippen LogP contribution in [0.2, 0.25) is 0 Å². The van der Waals surface area contributed by atoms with E-state index in [0.29, 0.717) is 0 Å². The van der Waals surface area contributed by atoms with Gasteiger partial charge in [0.1, 0.15) is 0 Å². The van der Waals surface area contributed by atoms with Crippen molar-refractivity contribution in [1.29, 1.82) is 0 Å². The molecular formula is C10H12BrN2O2S-. The monoisotopic (exact) mass is 303 g/mol. The molecule has 1 saturated heterocycles. The molecule has 1 aliphatic rings. The summed E-state index contributed by atoms with van der Waals surface area (Å²) in [6, 6.07) is 4.03. The summed E-state index contributed by atoms with van der Waals surface area (Å²) in [7, 11) is 0. The van der Waals surface area contributed by atoms with E-state index in [1.807, 2.05) is 17.0 Å². The molecule has 1 aromatic rings. The minimum atomic E-state index is -2.02. The Morgan fingerprint density at radius 1 is 1.62 bits per heavy atom. The van der Waals surface area contributed by atoms with Gasteiger partial charge in [-0.1, -0.05) is 0 Å². The number of pyridine rings is 1. The Kier molecular flexibility index (Phi) is 4.07. The van der Waals surface area contributed by atoms with Gasteiger partial charge in [0.05, 0.1) is 17.6 Å². The van der Waals surface area contributed by atoms with Crippen molar-refractivity contribution in [3.8, 4) is 0 Å². The SMILES string of the molecule is O=S([O-])CN1CCCC1c1ccc(Br)cn1. The summed E-state index contributed by atoms with van der Waals surface area (Å²) in [6.07, 6.45) is 3.76. The van der Waals surface area contributed by atoms with Gasteiger partial charge in [-0.25, -0.2) is 0 Å². The van der Waals surface area contributed by atoms with Gasteiger partial charge in [-0.15, -0.1) is 0 Å². The van der Waals surface area contributed by atoms with E-state index in [4.69, 9.17) is 0 Å². The van der Waals surface area contributed by atoms with Crippen molar-refractivity contribution >= 4 is 27.0 Å². The molecule has 0 saturated carbocycles. The normalized spacial score (nSPS) is 23.5. The molecule has 1 aliphatic heterocycles. The van der Waals surface area contributed by atoms with E-state index in [1.54, 1.807) is 6.20 Å². The number of likely N-dealkylation sites (tertiary alicyclic amines) is 1. The van der Waals surface area contributed by atoms with Crippen LogP contribution >= 0.6 is 15.9 Å². The Morgan fingerprint density at radius 3 is 3.06 bits per heavy atom. The van der Waals surface area contributed by atoms with Gasteiger partial charge in [-0.2, -0.15) is 0 Å². The average Bonchev–Trinajstić information content (AvgIpc) is 2.66. The highest BCUT2D eigenvalue weighted by Crippen LogP contribution is 2.30. The van der Waals surface area contributed by atoms with E-state index in [-0.39, 0.29) is 11.9 Å². The van der Waals surface area contributed by atoms with Gasteiger partial charge in [0.25, 0.3) is 0 Å². The minimum absolute atomic E-state index is 0.0996. The van der Waals surface area contributed by atoms with Crippen molar-refractivity contribution in [2.45, 2.75) is 18.9 Å². The van der Waals surface area contributed by atoms with Gasteiger partial charge in [-0.05, 0) is 58.5 Å². The zero-order valence-corrected chi connectivity index (χ0v) is 11.0. The first-order chi connectivity index (χ1) is 7.66. The molecule has 0 bridgehead atoms. The molecule has 0 radical (unpaired) electrons. The van der Waals surface area contributed by atoms with E-state index in [9.17, 15) is 8.76 Å². The maximum atomic E-state index is 10.7. The van der Waals surface area contributed by atoms with Crippen molar-refractivity contribution in [3.63, 3.8) is 0 Å². The number of rotatable bonds is 3. The standard InChI is InChI=1S/C10H13BrN2O2S/c11-8-3-4-9(12-6-8)10-2-1-5-13(10)7-16(14)15/h3-4,6,10H,1-2,5,7H2,(H,14,15)/p-1. The lowest BCUT2D eigenvalue weighted by molar-refractivity contribution is 0.289. The highest BCUT2D eigenvalue weighted by Gasteiger charge is 2.26. The van der Waals surface area contributed by atoms with Crippen molar-refractivity contribution in [3.05, 3.63) is 28.5 Å². The highest BCUT2D eigenvalue weighted by atomic mass is 79.9. The fraction of sp³-hybridized carbons (Fsp3) is 0.500. The van der Waals surface area contributed by atoms with Gasteiger partial charge in [-0.3, -0.25) is 14.1 Å². The van der Waals surface area contributed by atoms with Crippen LogP contribution in [-0.4, -0.2) is 31.1 Å². The zero-order chi connectivity index (χ0) is 11.5. The molecule has 4 nitrogen and oxygen atoms in total. The summed E-state index contributed by atoms with van der Waals surface area (Å²) in [5.74, 6) is 0.0996. The van der Waals surface area contributed by atoms with Crippen LogP contribution in [0.25, 0.3) is 0 Å². The lowest BCUT2D eigenvalue weighted by atomic mass is 10.1. The Bertz CT molecular complexity index is 385. The minimum Gasteiger partial charge on any atom is -0.771 e. The molecule has 1 aromatic heterocycles. The molecule has 0 amide bonds. The van der Waals surface area contributed by atoms with Crippen LogP contribution in [0.1, 0.15) is 24.6 Å². The first-order valence-electron chi connectivity index (χ1n) is 5.08. The summed E-state index contributed by atoms with van der Waals surface area (Å²) in [4.78, 5) is 6.29. The topological polar surface area (TPSA) is 56.3 Å². The maximum absolute atomic E-state index is 10.7. The molecule has 0 spiro atoms. The Morgan fingerprint density at radius 2 is 2.44 bits per heavy atom. The second-order valence-corrected chi connectivity index (χ2v) is 5.59. The number of nitrogens with zero attached hydrogens (tertiary/aromatic N) is 2. The van der Waals surface area contributed by atoms with E-state index in [1.165, 1.54) is 0 Å². The molecule has 2 rings (SSSR count). The second-order valence-electron chi connectivity index (χ2n) is 3.80. The van der Waals surface area contributed by atoms with Crippen LogP contribution in [-0.2, 0) is 11.1 Å². The van der Waals surface area contributed by atoms with Gasteiger partial charge in [0, 0.05) is 10.7 Å². The number of halogens is 1. The summed E-state index contributed by atoms with van der Waals surface area (Å²) in [5.41, 5.74) is 0.950. The van der Waals surface area contributed by atoms with E-state index < -0.39 is 11.1 Å². The van der Waals surface area contributed by atoms with E-state index in [0.717, 1.165) is 29.6 Å². The van der Waals surface area contributed by atoms with Crippen molar-refractivity contribution < 1.29 is 8.76 Å². The summed E-state index contributed by atoms with van der Waals surface area (Å²) in [6.45, 7) is 0.830. The molecule has 6 heteroatoms. The van der Waals surface area contributed by atoms with Crippen molar-refractivity contribution in [2.24, 2.45) is 0 Å². The highest BCUT2D eigenvalue weighted by molar-refractivity contribution is 9.10. The summed E-state index contributed by atoms with van der Waals surface area (Å²) >= 11 is 1.32. The van der Waals surface area contributed by atoms with Crippen LogP contribution in [0.15, 0.2) is 22.8 Å². The van der Waals surface area contributed by atoms with Gasteiger partial charge in [0.15, 0.2) is 0 Å². The molecule has 0 aromatic carbocycles. The van der Waals surface area contributed by atoms with Gasteiger partial charge >= 0.3 is 0 Å².